The lowest BCUT2D eigenvalue weighted by molar-refractivity contribution is -0.122. The first-order valence-electron chi connectivity index (χ1n) is 6.44. The maximum atomic E-state index is 12.2. The molecule has 1 aromatic carbocycles. The van der Waals surface area contributed by atoms with Crippen molar-refractivity contribution in [3.63, 3.8) is 0 Å². The number of nitrogens with zero attached hydrogens (tertiary/aromatic N) is 1. The zero-order chi connectivity index (χ0) is 14.6. The molecule has 2 aromatic rings. The molecule has 0 spiro atoms. The van der Waals surface area contributed by atoms with Crippen molar-refractivity contribution in [2.45, 2.75) is 25.8 Å². The van der Waals surface area contributed by atoms with Gasteiger partial charge in [0.1, 0.15) is 0 Å². The first kappa shape index (κ1) is 14.7. The lowest BCUT2D eigenvalue weighted by Crippen LogP contribution is -2.41. The SMILES string of the molecule is CC(C)(NC(=O)Cc1ccccc1Br)c1cccnc1. The van der Waals surface area contributed by atoms with E-state index in [0.717, 1.165) is 15.6 Å². The molecule has 1 amide bonds. The second kappa shape index (κ2) is 6.18. The Balaban J connectivity index is 2.07. The summed E-state index contributed by atoms with van der Waals surface area (Å²) in [5.74, 6) is -0.00856. The van der Waals surface area contributed by atoms with Crippen molar-refractivity contribution in [2.75, 3.05) is 0 Å². The molecule has 104 valence electrons. The molecule has 0 aliphatic carbocycles. The highest BCUT2D eigenvalue weighted by atomic mass is 79.9. The van der Waals surface area contributed by atoms with E-state index in [1.165, 1.54) is 0 Å². The monoisotopic (exact) mass is 332 g/mol. The number of nitrogens with one attached hydrogen (secondary N) is 1. The number of carbonyl (C=O) groups is 1. The highest BCUT2D eigenvalue weighted by Gasteiger charge is 2.23. The number of pyridine rings is 1. The minimum absolute atomic E-state index is 0.00856. The summed E-state index contributed by atoms with van der Waals surface area (Å²) in [4.78, 5) is 16.3. The molecule has 0 fully saturated rings. The third kappa shape index (κ3) is 3.67. The minimum atomic E-state index is -0.438. The van der Waals surface area contributed by atoms with Crippen LogP contribution in [-0.4, -0.2) is 10.9 Å². The number of aromatic nitrogens is 1. The van der Waals surface area contributed by atoms with Crippen LogP contribution in [0.15, 0.2) is 53.3 Å². The highest BCUT2D eigenvalue weighted by molar-refractivity contribution is 9.10. The molecule has 0 saturated heterocycles. The predicted octanol–water partition coefficient (Wildman–Crippen LogP) is 3.44. The molecule has 0 bridgehead atoms. The summed E-state index contributed by atoms with van der Waals surface area (Å²) in [5.41, 5.74) is 1.53. The van der Waals surface area contributed by atoms with Gasteiger partial charge in [-0.25, -0.2) is 0 Å². The molecule has 3 nitrogen and oxygen atoms in total. The average Bonchev–Trinajstić information content (AvgIpc) is 2.42. The highest BCUT2D eigenvalue weighted by Crippen LogP contribution is 2.20. The third-order valence-corrected chi connectivity index (χ3v) is 3.92. The molecule has 4 heteroatoms. The topological polar surface area (TPSA) is 42.0 Å². The van der Waals surface area contributed by atoms with Crippen molar-refractivity contribution in [3.8, 4) is 0 Å². The second-order valence-electron chi connectivity index (χ2n) is 5.18. The largest absolute Gasteiger partial charge is 0.347 e. The number of halogens is 1. The molecule has 0 aliphatic rings. The number of carbonyl (C=O) groups excluding carboxylic acids is 1. The van der Waals surface area contributed by atoms with Crippen molar-refractivity contribution in [3.05, 3.63) is 64.4 Å². The van der Waals surface area contributed by atoms with E-state index < -0.39 is 5.54 Å². The summed E-state index contributed by atoms with van der Waals surface area (Å²) in [6, 6.07) is 11.6. The van der Waals surface area contributed by atoms with Gasteiger partial charge in [-0.15, -0.1) is 0 Å². The minimum Gasteiger partial charge on any atom is -0.347 e. The fourth-order valence-corrected chi connectivity index (χ4v) is 2.44. The van der Waals surface area contributed by atoms with Crippen LogP contribution in [0.25, 0.3) is 0 Å². The standard InChI is InChI=1S/C16H17BrN2O/c1-16(2,13-7-5-9-18-11-13)19-15(20)10-12-6-3-4-8-14(12)17/h3-9,11H,10H2,1-2H3,(H,19,20). The summed E-state index contributed by atoms with van der Waals surface area (Å²) in [5, 5.41) is 3.05. The Morgan fingerprint density at radius 2 is 2.00 bits per heavy atom. The van der Waals surface area contributed by atoms with Crippen LogP contribution in [0.5, 0.6) is 0 Å². The van der Waals surface area contributed by atoms with Crippen LogP contribution in [0.1, 0.15) is 25.0 Å². The second-order valence-corrected chi connectivity index (χ2v) is 6.04. The van der Waals surface area contributed by atoms with Crippen molar-refractivity contribution in [1.82, 2.24) is 10.3 Å². The molecular formula is C16H17BrN2O. The molecule has 0 atom stereocenters. The van der Waals surface area contributed by atoms with Gasteiger partial charge < -0.3 is 5.32 Å². The van der Waals surface area contributed by atoms with Crippen molar-refractivity contribution >= 4 is 21.8 Å². The summed E-state index contributed by atoms with van der Waals surface area (Å²) < 4.78 is 0.953. The first-order chi connectivity index (χ1) is 9.49. The number of hydrogen-bond donors (Lipinski definition) is 1. The van der Waals surface area contributed by atoms with E-state index in [2.05, 4.69) is 26.2 Å². The van der Waals surface area contributed by atoms with Crippen LogP contribution in [0, 0.1) is 0 Å². The van der Waals surface area contributed by atoms with Gasteiger partial charge in [0.25, 0.3) is 0 Å². The van der Waals surface area contributed by atoms with E-state index in [1.807, 2.05) is 50.2 Å². The Morgan fingerprint density at radius 1 is 1.25 bits per heavy atom. The van der Waals surface area contributed by atoms with Gasteiger partial charge >= 0.3 is 0 Å². The number of hydrogen-bond acceptors (Lipinski definition) is 2. The van der Waals surface area contributed by atoms with E-state index in [1.54, 1.807) is 12.4 Å². The Hall–Kier alpha value is -1.68. The molecule has 1 N–H and O–H groups in total. The molecule has 1 heterocycles. The van der Waals surface area contributed by atoms with Crippen LogP contribution < -0.4 is 5.32 Å². The van der Waals surface area contributed by atoms with Crippen LogP contribution in [0.4, 0.5) is 0 Å². The van der Waals surface area contributed by atoms with Gasteiger partial charge in [-0.2, -0.15) is 0 Å². The predicted molar refractivity (Wildman–Crippen MR) is 83.3 cm³/mol. The average molecular weight is 333 g/mol. The van der Waals surface area contributed by atoms with E-state index in [0.29, 0.717) is 6.42 Å². The maximum Gasteiger partial charge on any atom is 0.225 e. The van der Waals surface area contributed by atoms with Crippen LogP contribution >= 0.6 is 15.9 Å². The Kier molecular flexibility index (Phi) is 4.55. The third-order valence-electron chi connectivity index (χ3n) is 3.14. The molecule has 20 heavy (non-hydrogen) atoms. The summed E-state index contributed by atoms with van der Waals surface area (Å²) in [7, 11) is 0. The quantitative estimate of drug-likeness (QED) is 0.931. The van der Waals surface area contributed by atoms with Gasteiger partial charge in [0.15, 0.2) is 0 Å². The van der Waals surface area contributed by atoms with Crippen LogP contribution in [0.3, 0.4) is 0 Å². The smallest absolute Gasteiger partial charge is 0.225 e. The zero-order valence-corrected chi connectivity index (χ0v) is 13.1. The Morgan fingerprint density at radius 3 is 2.65 bits per heavy atom. The Bertz CT molecular complexity index is 596. The fourth-order valence-electron chi connectivity index (χ4n) is 2.01. The fraction of sp³-hybridized carbons (Fsp3) is 0.250. The zero-order valence-electron chi connectivity index (χ0n) is 11.6. The van der Waals surface area contributed by atoms with Crippen molar-refractivity contribution in [1.29, 1.82) is 0 Å². The number of rotatable bonds is 4. The molecule has 2 rings (SSSR count). The molecule has 0 saturated carbocycles. The summed E-state index contributed by atoms with van der Waals surface area (Å²) in [6.45, 7) is 3.95. The number of amides is 1. The van der Waals surface area contributed by atoms with Gasteiger partial charge in [0.2, 0.25) is 5.91 Å². The van der Waals surface area contributed by atoms with Gasteiger partial charge in [-0.3, -0.25) is 9.78 Å². The van der Waals surface area contributed by atoms with Gasteiger partial charge in [-0.1, -0.05) is 40.2 Å². The lowest BCUT2D eigenvalue weighted by Gasteiger charge is -2.26. The van der Waals surface area contributed by atoms with E-state index >= 15 is 0 Å². The lowest BCUT2D eigenvalue weighted by atomic mass is 9.95. The Labute approximate surface area is 127 Å². The molecular weight excluding hydrogens is 316 g/mol. The van der Waals surface area contributed by atoms with Gasteiger partial charge in [-0.05, 0) is 37.1 Å². The number of benzene rings is 1. The van der Waals surface area contributed by atoms with Crippen LogP contribution in [0.2, 0.25) is 0 Å². The maximum absolute atomic E-state index is 12.2. The van der Waals surface area contributed by atoms with Crippen molar-refractivity contribution < 1.29 is 4.79 Å². The first-order valence-corrected chi connectivity index (χ1v) is 7.23. The normalized spacial score (nSPS) is 11.2. The molecule has 0 radical (unpaired) electrons. The van der Waals surface area contributed by atoms with Gasteiger partial charge in [0.05, 0.1) is 12.0 Å². The molecule has 0 unspecified atom stereocenters. The van der Waals surface area contributed by atoms with Gasteiger partial charge in [0, 0.05) is 16.9 Å². The summed E-state index contributed by atoms with van der Waals surface area (Å²) >= 11 is 3.46. The van der Waals surface area contributed by atoms with Crippen LogP contribution in [-0.2, 0) is 16.8 Å². The van der Waals surface area contributed by atoms with E-state index in [9.17, 15) is 4.79 Å². The van der Waals surface area contributed by atoms with Crippen molar-refractivity contribution in [2.24, 2.45) is 0 Å². The van der Waals surface area contributed by atoms with E-state index in [-0.39, 0.29) is 5.91 Å². The molecule has 1 aromatic heterocycles. The molecule has 0 aliphatic heterocycles. The van der Waals surface area contributed by atoms with E-state index in [4.69, 9.17) is 0 Å². The summed E-state index contributed by atoms with van der Waals surface area (Å²) in [6.07, 6.45) is 3.85.